The van der Waals surface area contributed by atoms with Crippen molar-refractivity contribution in [2.24, 2.45) is 5.73 Å². The molecule has 0 bridgehead atoms. The van der Waals surface area contributed by atoms with E-state index in [2.05, 4.69) is 5.32 Å². The third-order valence-corrected chi connectivity index (χ3v) is 4.37. The van der Waals surface area contributed by atoms with Crippen LogP contribution in [-0.2, 0) is 9.53 Å². The molecular weight excluding hydrogens is 316 g/mol. The molecule has 0 aromatic heterocycles. The molecule has 1 amide bonds. The fraction of sp³-hybridized carbons (Fsp3) is 0.350. The lowest BCUT2D eigenvalue weighted by atomic mass is 10.1. The Morgan fingerprint density at radius 1 is 1.20 bits per heavy atom. The van der Waals surface area contributed by atoms with Gasteiger partial charge in [-0.15, -0.1) is 0 Å². The first-order valence-corrected chi connectivity index (χ1v) is 8.59. The maximum atomic E-state index is 11.8. The van der Waals surface area contributed by atoms with Crippen molar-refractivity contribution in [2.45, 2.75) is 31.9 Å². The number of rotatable bonds is 6. The molecule has 0 radical (unpaired) electrons. The smallest absolute Gasteiger partial charge is 0.244 e. The van der Waals surface area contributed by atoms with Gasteiger partial charge in [0.1, 0.15) is 17.9 Å². The second kappa shape index (κ2) is 8.03. The Balaban J connectivity index is 1.72. The molecule has 3 N–H and O–H groups in total. The van der Waals surface area contributed by atoms with Crippen molar-refractivity contribution in [3.8, 4) is 5.75 Å². The number of primary amides is 1. The molecule has 0 spiro atoms. The van der Waals surface area contributed by atoms with E-state index in [1.807, 2.05) is 55.5 Å². The molecule has 2 aromatic carbocycles. The van der Waals surface area contributed by atoms with Crippen LogP contribution in [0.4, 0.5) is 5.69 Å². The summed E-state index contributed by atoms with van der Waals surface area (Å²) in [7, 11) is 0. The average Bonchev–Trinajstić information content (AvgIpc) is 2.63. The number of ether oxygens (including phenoxy) is 2. The summed E-state index contributed by atoms with van der Waals surface area (Å²) in [6.07, 6.45) is 2.03. The van der Waals surface area contributed by atoms with Gasteiger partial charge in [-0.1, -0.05) is 30.3 Å². The maximum Gasteiger partial charge on any atom is 0.244 e. The summed E-state index contributed by atoms with van der Waals surface area (Å²) >= 11 is 0. The largest absolute Gasteiger partial charge is 0.490 e. The second-order valence-corrected chi connectivity index (χ2v) is 6.30. The number of carbonyl (C=O) groups is 1. The summed E-state index contributed by atoms with van der Waals surface area (Å²) in [4.78, 5) is 11.8. The first kappa shape index (κ1) is 17.3. The lowest BCUT2D eigenvalue weighted by Gasteiger charge is -2.24. The van der Waals surface area contributed by atoms with E-state index in [1.165, 1.54) is 0 Å². The Morgan fingerprint density at radius 2 is 1.92 bits per heavy atom. The van der Waals surface area contributed by atoms with Crippen LogP contribution in [-0.4, -0.2) is 25.2 Å². The van der Waals surface area contributed by atoms with Gasteiger partial charge < -0.3 is 20.5 Å². The molecule has 1 fully saturated rings. The highest BCUT2D eigenvalue weighted by molar-refractivity contribution is 5.84. The molecule has 1 aliphatic heterocycles. The molecule has 2 aromatic rings. The quantitative estimate of drug-likeness (QED) is 0.847. The van der Waals surface area contributed by atoms with Crippen molar-refractivity contribution in [3.05, 3.63) is 59.7 Å². The SMILES string of the molecule is Cc1cc(NC(C(N)=O)c2ccccc2)ccc1OC1CCOCC1. The fourth-order valence-corrected chi connectivity index (χ4v) is 2.98. The molecule has 1 atom stereocenters. The normalized spacial score (nSPS) is 16.2. The first-order valence-electron chi connectivity index (χ1n) is 8.59. The number of aryl methyl sites for hydroxylation is 1. The fourth-order valence-electron chi connectivity index (χ4n) is 2.98. The van der Waals surface area contributed by atoms with Crippen LogP contribution >= 0.6 is 0 Å². The zero-order valence-electron chi connectivity index (χ0n) is 14.4. The van der Waals surface area contributed by atoms with Gasteiger partial charge in [0, 0.05) is 18.5 Å². The van der Waals surface area contributed by atoms with Crippen LogP contribution in [0.15, 0.2) is 48.5 Å². The third-order valence-electron chi connectivity index (χ3n) is 4.37. The minimum absolute atomic E-state index is 0.203. The minimum Gasteiger partial charge on any atom is -0.490 e. The summed E-state index contributed by atoms with van der Waals surface area (Å²) in [5.74, 6) is 0.458. The summed E-state index contributed by atoms with van der Waals surface area (Å²) in [6.45, 7) is 3.50. The minimum atomic E-state index is -0.567. The molecule has 132 valence electrons. The zero-order valence-corrected chi connectivity index (χ0v) is 14.4. The summed E-state index contributed by atoms with van der Waals surface area (Å²) in [5.41, 5.74) is 8.27. The number of amides is 1. The molecule has 0 aliphatic carbocycles. The number of hydrogen-bond acceptors (Lipinski definition) is 4. The lowest BCUT2D eigenvalue weighted by molar-refractivity contribution is -0.118. The van der Waals surface area contributed by atoms with Crippen LogP contribution in [0.3, 0.4) is 0 Å². The van der Waals surface area contributed by atoms with Crippen LogP contribution in [0, 0.1) is 6.92 Å². The van der Waals surface area contributed by atoms with E-state index in [0.29, 0.717) is 0 Å². The highest BCUT2D eigenvalue weighted by Crippen LogP contribution is 2.27. The molecule has 25 heavy (non-hydrogen) atoms. The van der Waals surface area contributed by atoms with Crippen molar-refractivity contribution in [1.29, 1.82) is 0 Å². The Morgan fingerprint density at radius 3 is 2.56 bits per heavy atom. The summed E-state index contributed by atoms with van der Waals surface area (Å²) < 4.78 is 11.4. The number of hydrogen-bond donors (Lipinski definition) is 2. The topological polar surface area (TPSA) is 73.6 Å². The van der Waals surface area contributed by atoms with Crippen LogP contribution in [0.2, 0.25) is 0 Å². The number of nitrogens with two attached hydrogens (primary N) is 1. The molecule has 1 aliphatic rings. The molecule has 5 nitrogen and oxygen atoms in total. The zero-order chi connectivity index (χ0) is 17.6. The van der Waals surface area contributed by atoms with Gasteiger partial charge >= 0.3 is 0 Å². The van der Waals surface area contributed by atoms with E-state index >= 15 is 0 Å². The van der Waals surface area contributed by atoms with Gasteiger partial charge in [0.2, 0.25) is 5.91 Å². The van der Waals surface area contributed by atoms with Gasteiger partial charge in [0.05, 0.1) is 13.2 Å². The molecule has 1 heterocycles. The maximum absolute atomic E-state index is 11.8. The van der Waals surface area contributed by atoms with Crippen molar-refractivity contribution < 1.29 is 14.3 Å². The Labute approximate surface area is 148 Å². The Kier molecular flexibility index (Phi) is 5.56. The van der Waals surface area contributed by atoms with Crippen molar-refractivity contribution in [3.63, 3.8) is 0 Å². The summed E-state index contributed by atoms with van der Waals surface area (Å²) in [5, 5.41) is 3.22. The summed E-state index contributed by atoms with van der Waals surface area (Å²) in [6, 6.07) is 14.7. The first-order chi connectivity index (χ1) is 12.1. The van der Waals surface area contributed by atoms with Crippen molar-refractivity contribution in [1.82, 2.24) is 0 Å². The number of carbonyl (C=O) groups excluding carboxylic acids is 1. The van der Waals surface area contributed by atoms with Gasteiger partial charge in [-0.3, -0.25) is 4.79 Å². The predicted octanol–water partition coefficient (Wildman–Crippen LogP) is 3.19. The van der Waals surface area contributed by atoms with E-state index in [4.69, 9.17) is 15.2 Å². The monoisotopic (exact) mass is 340 g/mol. The number of nitrogens with one attached hydrogen (secondary N) is 1. The van der Waals surface area contributed by atoms with Crippen LogP contribution < -0.4 is 15.8 Å². The molecule has 0 saturated carbocycles. The van der Waals surface area contributed by atoms with E-state index in [-0.39, 0.29) is 6.10 Å². The standard InChI is InChI=1S/C20H24N2O3/c1-14-13-16(7-8-18(14)25-17-9-11-24-12-10-17)22-19(20(21)23)15-5-3-2-4-6-15/h2-8,13,17,19,22H,9-12H2,1H3,(H2,21,23). The van der Waals surface area contributed by atoms with Gasteiger partial charge in [-0.05, 0) is 36.2 Å². The van der Waals surface area contributed by atoms with Gasteiger partial charge in [-0.25, -0.2) is 0 Å². The lowest BCUT2D eigenvalue weighted by Crippen LogP contribution is -2.28. The molecule has 1 saturated heterocycles. The van der Waals surface area contributed by atoms with Gasteiger partial charge in [0.25, 0.3) is 0 Å². The molecule has 3 rings (SSSR count). The van der Waals surface area contributed by atoms with E-state index < -0.39 is 11.9 Å². The van der Waals surface area contributed by atoms with E-state index in [1.54, 1.807) is 0 Å². The predicted molar refractivity (Wildman–Crippen MR) is 97.6 cm³/mol. The molecule has 1 unspecified atom stereocenters. The van der Waals surface area contributed by atoms with Crippen LogP contribution in [0.5, 0.6) is 5.75 Å². The van der Waals surface area contributed by atoms with Crippen molar-refractivity contribution in [2.75, 3.05) is 18.5 Å². The Bertz CT molecular complexity index is 712. The van der Waals surface area contributed by atoms with E-state index in [9.17, 15) is 4.79 Å². The third kappa shape index (κ3) is 4.51. The van der Waals surface area contributed by atoms with Gasteiger partial charge in [-0.2, -0.15) is 0 Å². The highest BCUT2D eigenvalue weighted by Gasteiger charge is 2.19. The van der Waals surface area contributed by atoms with Crippen LogP contribution in [0.1, 0.15) is 30.0 Å². The average molecular weight is 340 g/mol. The van der Waals surface area contributed by atoms with Gasteiger partial charge in [0.15, 0.2) is 0 Å². The molecule has 5 heteroatoms. The number of benzene rings is 2. The number of anilines is 1. The Hall–Kier alpha value is -2.53. The highest BCUT2D eigenvalue weighted by atomic mass is 16.5. The van der Waals surface area contributed by atoms with Crippen molar-refractivity contribution >= 4 is 11.6 Å². The van der Waals surface area contributed by atoms with Crippen LogP contribution in [0.25, 0.3) is 0 Å². The second-order valence-electron chi connectivity index (χ2n) is 6.30. The van der Waals surface area contributed by atoms with E-state index in [0.717, 1.165) is 48.6 Å². The molecular formula is C20H24N2O3.